The lowest BCUT2D eigenvalue weighted by molar-refractivity contribution is -0.230. The van der Waals surface area contributed by atoms with Crippen LogP contribution in [0.4, 0.5) is 0 Å². The monoisotopic (exact) mass is 346 g/mol. The zero-order valence-corrected chi connectivity index (χ0v) is 15.0. The van der Waals surface area contributed by atoms with E-state index in [9.17, 15) is 9.59 Å². The summed E-state index contributed by atoms with van der Waals surface area (Å²) in [6, 6.07) is 2.69. The third-order valence-electron chi connectivity index (χ3n) is 5.48. The summed E-state index contributed by atoms with van der Waals surface area (Å²) in [4.78, 5) is 27.3. The molecule has 136 valence electrons. The third-order valence-corrected chi connectivity index (χ3v) is 5.48. The molecule has 1 spiro atoms. The second kappa shape index (κ2) is 6.41. The van der Waals surface area contributed by atoms with E-state index in [4.69, 9.17) is 9.84 Å². The molecule has 25 heavy (non-hydrogen) atoms. The fourth-order valence-electron chi connectivity index (χ4n) is 4.02. The summed E-state index contributed by atoms with van der Waals surface area (Å²) < 4.78 is 6.20. The number of carbonyl (C=O) groups excluding carboxylic acids is 1. The lowest BCUT2D eigenvalue weighted by Crippen LogP contribution is -2.62. The van der Waals surface area contributed by atoms with E-state index in [1.165, 1.54) is 24.8 Å². The molecule has 2 fully saturated rings. The van der Waals surface area contributed by atoms with E-state index in [0.29, 0.717) is 12.5 Å². The predicted octanol–water partition coefficient (Wildman–Crippen LogP) is 2.88. The van der Waals surface area contributed by atoms with Crippen molar-refractivity contribution >= 4 is 11.9 Å². The lowest BCUT2D eigenvalue weighted by atomic mass is 9.48. The number of ether oxygens (including phenoxy) is 1. The van der Waals surface area contributed by atoms with Gasteiger partial charge in [-0.2, -0.15) is 0 Å². The maximum absolute atomic E-state index is 12.3. The number of carbonyl (C=O) groups is 2. The van der Waals surface area contributed by atoms with Gasteiger partial charge < -0.3 is 15.2 Å². The molecule has 1 amide bonds. The summed E-state index contributed by atoms with van der Waals surface area (Å²) in [7, 11) is 0. The van der Waals surface area contributed by atoms with Crippen molar-refractivity contribution in [2.45, 2.75) is 58.2 Å². The molecule has 2 aliphatic carbocycles. The largest absolute Gasteiger partial charge is 0.478 e. The van der Waals surface area contributed by atoms with Crippen LogP contribution in [0.1, 0.15) is 67.3 Å². The Morgan fingerprint density at radius 1 is 1.40 bits per heavy atom. The first-order valence-electron chi connectivity index (χ1n) is 8.87. The highest BCUT2D eigenvalue weighted by molar-refractivity contribution is 5.95. The first-order chi connectivity index (χ1) is 11.7. The van der Waals surface area contributed by atoms with E-state index in [2.05, 4.69) is 31.1 Å². The molecule has 6 nitrogen and oxygen atoms in total. The number of aromatic carboxylic acids is 1. The van der Waals surface area contributed by atoms with Crippen molar-refractivity contribution in [2.75, 3.05) is 6.54 Å². The maximum Gasteiger partial charge on any atom is 0.335 e. The summed E-state index contributed by atoms with van der Waals surface area (Å²) >= 11 is 0. The summed E-state index contributed by atoms with van der Waals surface area (Å²) in [5.41, 5.74) is 0.266. The number of nitrogens with zero attached hydrogens (tertiary/aromatic N) is 1. The summed E-state index contributed by atoms with van der Waals surface area (Å²) in [6.45, 7) is 6.82. The predicted molar refractivity (Wildman–Crippen MR) is 92.5 cm³/mol. The molecule has 2 N–H and O–H groups in total. The Balaban J connectivity index is 1.58. The van der Waals surface area contributed by atoms with Crippen LogP contribution in [-0.4, -0.2) is 40.2 Å². The third kappa shape index (κ3) is 3.54. The van der Waals surface area contributed by atoms with E-state index in [1.54, 1.807) is 0 Å². The Morgan fingerprint density at radius 2 is 2.12 bits per heavy atom. The fraction of sp³-hybridized carbons (Fsp3) is 0.632. The number of pyridine rings is 1. The van der Waals surface area contributed by atoms with Crippen molar-refractivity contribution in [1.29, 1.82) is 0 Å². The van der Waals surface area contributed by atoms with Crippen molar-refractivity contribution in [3.63, 3.8) is 0 Å². The van der Waals surface area contributed by atoms with Gasteiger partial charge in [-0.15, -0.1) is 0 Å². The number of rotatable bonds is 5. The Hall–Kier alpha value is -1.95. The van der Waals surface area contributed by atoms with E-state index >= 15 is 0 Å². The van der Waals surface area contributed by atoms with Crippen LogP contribution in [0.2, 0.25) is 0 Å². The molecule has 0 bridgehead atoms. The van der Waals surface area contributed by atoms with E-state index < -0.39 is 5.97 Å². The SMILES string of the molecule is CC(C)(C)O[C@@H]1C[C@H](CNC(=O)c2cc(C(=O)O)ccn2)C12CCC2. The molecule has 2 saturated carbocycles. The first kappa shape index (κ1) is 17.9. The minimum Gasteiger partial charge on any atom is -0.478 e. The highest BCUT2D eigenvalue weighted by Crippen LogP contribution is 2.61. The van der Waals surface area contributed by atoms with Gasteiger partial charge in [0.2, 0.25) is 0 Å². The summed E-state index contributed by atoms with van der Waals surface area (Å²) in [5, 5.41) is 11.9. The molecule has 6 heteroatoms. The molecule has 0 unspecified atom stereocenters. The van der Waals surface area contributed by atoms with Gasteiger partial charge in [0.05, 0.1) is 17.3 Å². The molecule has 0 saturated heterocycles. The number of hydrogen-bond acceptors (Lipinski definition) is 4. The van der Waals surface area contributed by atoms with Crippen LogP contribution in [0.5, 0.6) is 0 Å². The second-order valence-corrected chi connectivity index (χ2v) is 8.18. The van der Waals surface area contributed by atoms with Crippen molar-refractivity contribution in [2.24, 2.45) is 11.3 Å². The zero-order valence-electron chi connectivity index (χ0n) is 15.0. The molecule has 2 aliphatic rings. The minimum absolute atomic E-state index is 0.0675. The van der Waals surface area contributed by atoms with Crippen molar-refractivity contribution in [3.8, 4) is 0 Å². The Kier molecular flexibility index (Phi) is 4.58. The number of amides is 1. The normalized spacial score (nSPS) is 24.3. The number of carboxylic acids is 1. The molecule has 1 heterocycles. The maximum atomic E-state index is 12.3. The van der Waals surface area contributed by atoms with Crippen molar-refractivity contribution < 1.29 is 19.4 Å². The van der Waals surface area contributed by atoms with Gasteiger partial charge in [0.15, 0.2) is 0 Å². The topological polar surface area (TPSA) is 88.5 Å². The van der Waals surface area contributed by atoms with Gasteiger partial charge in [-0.3, -0.25) is 9.78 Å². The first-order valence-corrected chi connectivity index (χ1v) is 8.87. The van der Waals surface area contributed by atoms with E-state index in [0.717, 1.165) is 19.3 Å². The van der Waals surface area contributed by atoms with Crippen LogP contribution >= 0.6 is 0 Å². The van der Waals surface area contributed by atoms with E-state index in [-0.39, 0.29) is 34.3 Å². The van der Waals surface area contributed by atoms with Crippen LogP contribution in [0.25, 0.3) is 0 Å². The van der Waals surface area contributed by atoms with Gasteiger partial charge in [-0.25, -0.2) is 4.79 Å². The lowest BCUT2D eigenvalue weighted by Gasteiger charge is -2.62. The summed E-state index contributed by atoms with van der Waals surface area (Å²) in [5.74, 6) is -0.969. The molecule has 1 aromatic rings. The number of carboxylic acid groups (broad SMARTS) is 1. The number of aromatic nitrogens is 1. The Labute approximate surface area is 148 Å². The number of nitrogens with one attached hydrogen (secondary N) is 1. The van der Waals surface area contributed by atoms with Gasteiger partial charge in [-0.05, 0) is 58.1 Å². The zero-order chi connectivity index (χ0) is 18.2. The quantitative estimate of drug-likeness (QED) is 0.856. The van der Waals surface area contributed by atoms with Crippen LogP contribution in [0, 0.1) is 11.3 Å². The van der Waals surface area contributed by atoms with Crippen LogP contribution < -0.4 is 5.32 Å². The van der Waals surface area contributed by atoms with Gasteiger partial charge in [0.1, 0.15) is 5.69 Å². The molecule has 0 aliphatic heterocycles. The van der Waals surface area contributed by atoms with Crippen LogP contribution in [0.3, 0.4) is 0 Å². The average molecular weight is 346 g/mol. The second-order valence-electron chi connectivity index (χ2n) is 8.18. The minimum atomic E-state index is -1.06. The Bertz CT molecular complexity index is 676. The van der Waals surface area contributed by atoms with Gasteiger partial charge in [0, 0.05) is 18.2 Å². The molecule has 3 rings (SSSR count). The molecule has 0 aromatic carbocycles. The van der Waals surface area contributed by atoms with Gasteiger partial charge >= 0.3 is 5.97 Å². The fourth-order valence-corrected chi connectivity index (χ4v) is 4.02. The van der Waals surface area contributed by atoms with Gasteiger partial charge in [-0.1, -0.05) is 6.42 Å². The van der Waals surface area contributed by atoms with Crippen molar-refractivity contribution in [3.05, 3.63) is 29.6 Å². The van der Waals surface area contributed by atoms with E-state index in [1.807, 2.05) is 0 Å². The smallest absolute Gasteiger partial charge is 0.335 e. The highest BCUT2D eigenvalue weighted by Gasteiger charge is 2.59. The van der Waals surface area contributed by atoms with Crippen LogP contribution in [-0.2, 0) is 4.74 Å². The van der Waals surface area contributed by atoms with Gasteiger partial charge in [0.25, 0.3) is 5.91 Å². The molecule has 1 aromatic heterocycles. The summed E-state index contributed by atoms with van der Waals surface area (Å²) in [6.07, 6.45) is 6.11. The standard InChI is InChI=1S/C19H26N2O4/c1-18(2,3)25-15-10-13(19(15)6-4-7-19)11-21-16(22)14-9-12(17(23)24)5-8-20-14/h5,8-9,13,15H,4,6-7,10-11H2,1-3H3,(H,21,22)(H,23,24)/t13-,15-/m1/s1. The molecule has 0 radical (unpaired) electrons. The highest BCUT2D eigenvalue weighted by atomic mass is 16.5. The molecular formula is C19H26N2O4. The average Bonchev–Trinajstić information content (AvgIpc) is 2.47. The molecule has 2 atom stereocenters. The van der Waals surface area contributed by atoms with Crippen molar-refractivity contribution in [1.82, 2.24) is 10.3 Å². The number of hydrogen-bond donors (Lipinski definition) is 2. The molecular weight excluding hydrogens is 320 g/mol. The van der Waals surface area contributed by atoms with Crippen LogP contribution in [0.15, 0.2) is 18.3 Å². The Morgan fingerprint density at radius 3 is 2.68 bits per heavy atom.